The molecule has 0 bridgehead atoms. The minimum atomic E-state index is -1.18. The first-order valence-corrected chi connectivity index (χ1v) is 16.4. The van der Waals surface area contributed by atoms with Gasteiger partial charge in [0.15, 0.2) is 11.6 Å². The lowest BCUT2D eigenvalue weighted by Crippen LogP contribution is -2.49. The maximum Gasteiger partial charge on any atom is 0.307 e. The number of fused-ring (bicyclic) bond motifs is 1. The van der Waals surface area contributed by atoms with Crippen molar-refractivity contribution in [2.24, 2.45) is 35.0 Å². The zero-order valence-electron chi connectivity index (χ0n) is 28.0. The second kappa shape index (κ2) is 15.7. The molecule has 1 saturated heterocycles. The summed E-state index contributed by atoms with van der Waals surface area (Å²) in [5.41, 5.74) is 0.0729. The first-order valence-electron chi connectivity index (χ1n) is 16.4. The second-order valence-corrected chi connectivity index (χ2v) is 14.2. The van der Waals surface area contributed by atoms with Gasteiger partial charge in [0.1, 0.15) is 5.78 Å². The van der Waals surface area contributed by atoms with E-state index in [1.807, 2.05) is 27.7 Å². The molecule has 2 aliphatic rings. The Bertz CT molecular complexity index is 1310. The lowest BCUT2D eigenvalue weighted by Gasteiger charge is -2.36. The van der Waals surface area contributed by atoms with Crippen molar-refractivity contribution in [2.45, 2.75) is 105 Å². The minimum absolute atomic E-state index is 0.0147. The summed E-state index contributed by atoms with van der Waals surface area (Å²) >= 11 is 0. The van der Waals surface area contributed by atoms with E-state index in [0.29, 0.717) is 19.3 Å². The molecule has 0 aromatic heterocycles. The number of benzene rings is 1. The molecule has 46 heavy (non-hydrogen) atoms. The number of esters is 1. The highest BCUT2D eigenvalue weighted by atomic mass is 16.5. The maximum atomic E-state index is 14.1. The third-order valence-electron chi connectivity index (χ3n) is 9.32. The summed E-state index contributed by atoms with van der Waals surface area (Å²) in [7, 11) is 0. The van der Waals surface area contributed by atoms with Crippen LogP contribution in [0.15, 0.2) is 30.3 Å². The number of carboxylic acids is 1. The van der Waals surface area contributed by atoms with E-state index >= 15 is 0 Å². The van der Waals surface area contributed by atoms with Crippen LogP contribution < -0.4 is 0 Å². The van der Waals surface area contributed by atoms with Gasteiger partial charge in [-0.2, -0.15) is 0 Å². The van der Waals surface area contributed by atoms with E-state index in [-0.39, 0.29) is 44.1 Å². The Hall–Kier alpha value is -3.69. The van der Waals surface area contributed by atoms with E-state index in [1.165, 1.54) is 4.90 Å². The Morgan fingerprint density at radius 1 is 0.978 bits per heavy atom. The van der Waals surface area contributed by atoms with Crippen LogP contribution in [-0.4, -0.2) is 69.7 Å². The molecule has 1 amide bonds. The van der Waals surface area contributed by atoms with Crippen LogP contribution in [0, 0.1) is 35.0 Å². The fourth-order valence-electron chi connectivity index (χ4n) is 6.92. The van der Waals surface area contributed by atoms with Crippen molar-refractivity contribution in [1.82, 2.24) is 4.90 Å². The van der Waals surface area contributed by atoms with Crippen molar-refractivity contribution in [2.75, 3.05) is 6.54 Å². The molecule has 252 valence electrons. The van der Waals surface area contributed by atoms with Crippen LogP contribution in [-0.2, 0) is 44.7 Å². The number of ether oxygens (including phenoxy) is 1. The number of aliphatic carboxylic acids is 1. The highest BCUT2D eigenvalue weighted by Crippen LogP contribution is 2.43. The molecule has 10 nitrogen and oxygen atoms in total. The van der Waals surface area contributed by atoms with Gasteiger partial charge in [0.2, 0.25) is 11.7 Å². The molecule has 1 aromatic carbocycles. The summed E-state index contributed by atoms with van der Waals surface area (Å²) in [6.45, 7) is 10.8. The zero-order valence-corrected chi connectivity index (χ0v) is 28.0. The first kappa shape index (κ1) is 36.8. The normalized spacial score (nSPS) is 21.4. The number of hydrogen-bond acceptors (Lipinski definition) is 8. The van der Waals surface area contributed by atoms with Gasteiger partial charge in [0, 0.05) is 37.6 Å². The van der Waals surface area contributed by atoms with E-state index in [9.17, 15) is 38.7 Å². The molecule has 1 saturated carbocycles. The summed E-state index contributed by atoms with van der Waals surface area (Å²) in [6.07, 6.45) is 0.255. The zero-order chi connectivity index (χ0) is 34.3. The van der Waals surface area contributed by atoms with Crippen LogP contribution in [0.4, 0.5) is 0 Å². The van der Waals surface area contributed by atoms with Gasteiger partial charge in [-0.25, -0.2) is 0 Å². The minimum Gasteiger partial charge on any atom is -0.481 e. The predicted molar refractivity (Wildman–Crippen MR) is 169 cm³/mol. The van der Waals surface area contributed by atoms with Gasteiger partial charge in [-0.1, -0.05) is 64.4 Å². The number of Topliss-reactive ketones (excluding diaryl/α,β-unsaturated/α-hetero) is 4. The molecule has 1 aliphatic carbocycles. The molecule has 0 spiro atoms. The van der Waals surface area contributed by atoms with Crippen molar-refractivity contribution < 1.29 is 43.4 Å². The van der Waals surface area contributed by atoms with E-state index in [0.717, 1.165) is 5.56 Å². The number of amides is 1. The summed E-state index contributed by atoms with van der Waals surface area (Å²) in [5, 5.41) is 9.77. The number of ketones is 4. The first-order chi connectivity index (χ1) is 21.5. The van der Waals surface area contributed by atoms with E-state index in [1.54, 1.807) is 44.2 Å². The van der Waals surface area contributed by atoms with Gasteiger partial charge in [-0.15, -0.1) is 0 Å². The Morgan fingerprint density at radius 2 is 1.63 bits per heavy atom. The van der Waals surface area contributed by atoms with Gasteiger partial charge in [0.05, 0.1) is 30.4 Å². The summed E-state index contributed by atoms with van der Waals surface area (Å²) in [6, 6.07) is 7.90. The summed E-state index contributed by atoms with van der Waals surface area (Å²) < 4.78 is 5.32. The van der Waals surface area contributed by atoms with Gasteiger partial charge < -0.3 is 14.7 Å². The molecule has 1 N–H and O–H groups in total. The van der Waals surface area contributed by atoms with Crippen molar-refractivity contribution >= 4 is 41.0 Å². The molecule has 2 fully saturated rings. The Labute approximate surface area is 271 Å². The number of hydrogen-bond donors (Lipinski definition) is 1. The molecule has 0 radical (unpaired) electrons. The lowest BCUT2D eigenvalue weighted by atomic mass is 9.77. The van der Waals surface area contributed by atoms with E-state index < -0.39 is 82.7 Å². The largest absolute Gasteiger partial charge is 0.481 e. The molecule has 10 heteroatoms. The van der Waals surface area contributed by atoms with Crippen LogP contribution >= 0.6 is 0 Å². The molecule has 1 unspecified atom stereocenters. The van der Waals surface area contributed by atoms with Crippen LogP contribution in [0.5, 0.6) is 0 Å². The predicted octanol–water partition coefficient (Wildman–Crippen LogP) is 4.64. The molecule has 1 aliphatic heterocycles. The number of carboxylic acid groups (broad SMARTS) is 1. The third-order valence-corrected chi connectivity index (χ3v) is 9.32. The van der Waals surface area contributed by atoms with Gasteiger partial charge in [-0.05, 0) is 50.0 Å². The fourth-order valence-corrected chi connectivity index (χ4v) is 6.92. The summed E-state index contributed by atoms with van der Waals surface area (Å²) in [4.78, 5) is 93.7. The Balaban J connectivity index is 1.83. The Morgan fingerprint density at radius 3 is 2.20 bits per heavy atom. The fraction of sp³-hybridized carbons (Fsp3) is 0.639. The van der Waals surface area contributed by atoms with Crippen molar-refractivity contribution in [3.63, 3.8) is 0 Å². The number of carbonyl (C=O) groups excluding carboxylic acids is 6. The van der Waals surface area contributed by atoms with E-state index in [2.05, 4.69) is 0 Å². The van der Waals surface area contributed by atoms with Gasteiger partial charge in [-0.3, -0.25) is 33.6 Å². The quantitative estimate of drug-likeness (QED) is 0.201. The number of likely N-dealkylation sites (tertiary alicyclic amines) is 1. The van der Waals surface area contributed by atoms with Crippen LogP contribution in [0.2, 0.25) is 0 Å². The van der Waals surface area contributed by atoms with Gasteiger partial charge >= 0.3 is 11.9 Å². The van der Waals surface area contributed by atoms with Crippen LogP contribution in [0.3, 0.4) is 0 Å². The average Bonchev–Trinajstić information content (AvgIpc) is 3.53. The smallest absolute Gasteiger partial charge is 0.307 e. The monoisotopic (exact) mass is 639 g/mol. The second-order valence-electron chi connectivity index (χ2n) is 14.2. The van der Waals surface area contributed by atoms with Crippen molar-refractivity contribution in [3.05, 3.63) is 35.9 Å². The highest BCUT2D eigenvalue weighted by Gasteiger charge is 2.54. The van der Waals surface area contributed by atoms with Crippen LogP contribution in [0.1, 0.15) is 92.1 Å². The van der Waals surface area contributed by atoms with Crippen molar-refractivity contribution in [1.29, 1.82) is 0 Å². The molecular formula is C36H49NO9. The van der Waals surface area contributed by atoms with Crippen molar-refractivity contribution in [3.8, 4) is 0 Å². The topological polar surface area (TPSA) is 152 Å². The molecule has 3 rings (SSSR count). The molecule has 6 atom stereocenters. The standard InChI is InChI=1S/C36H49NO9/c1-7-11-23(33(42)30(40)18-24(35(44)45)16-22-12-9-8-10-13-22)17-29(39)32-25-14-15-28(38)26(25)20-37(32)34(43)27(36(4,5)6)19-31(41)46-21(2)3/h8-10,12-13,21,23-27,32H,7,11,14-20H2,1-6H3,(H,44,45)/t23?,24-,25+,26+,27-,32+/m1/s1. The lowest BCUT2D eigenvalue weighted by molar-refractivity contribution is -0.156. The SMILES string of the molecule is CCCC(CC(=O)[C@@H]1[C@H]2CCC(=O)[C@H]2CN1C(=O)[C@@H](CC(=O)OC(C)C)C(C)(C)C)C(=O)C(=O)C[C@@H](Cc1ccccc1)C(=O)O. The number of rotatable bonds is 16. The molecule has 1 heterocycles. The summed E-state index contributed by atoms with van der Waals surface area (Å²) in [5.74, 6) is -7.93. The van der Waals surface area contributed by atoms with Crippen LogP contribution in [0.25, 0.3) is 0 Å². The van der Waals surface area contributed by atoms with Gasteiger partial charge in [0.25, 0.3) is 0 Å². The number of nitrogens with zero attached hydrogens (tertiary/aromatic N) is 1. The van der Waals surface area contributed by atoms with E-state index in [4.69, 9.17) is 4.74 Å². The maximum absolute atomic E-state index is 14.1. The average molecular weight is 640 g/mol. The Kier molecular flexibility index (Phi) is 12.6. The molecular weight excluding hydrogens is 590 g/mol. The highest BCUT2D eigenvalue weighted by molar-refractivity contribution is 6.38. The number of carbonyl (C=O) groups is 7. The molecule has 1 aromatic rings. The third kappa shape index (κ3) is 9.19.